The molecule has 0 amide bonds. The summed E-state index contributed by atoms with van der Waals surface area (Å²) in [6, 6.07) is -1.43. The molecule has 10 heteroatoms. The van der Waals surface area contributed by atoms with E-state index in [9.17, 15) is 18.4 Å². The van der Waals surface area contributed by atoms with Crippen molar-refractivity contribution in [3.05, 3.63) is 27.9 Å². The standard InChI is InChI=1S/C18H22F2N4O3S/c1-4-27-17(26)14-10(2)22-15(16-21-5-6-28-16)23-12(14)8-24-9-18(19,20)7-13(24)11(3)25/h5-6,10,13H,4,7-9H2,1-3H3,(H,22,23)/t10-,13+/m1/s1. The lowest BCUT2D eigenvalue weighted by molar-refractivity contribution is -0.138. The summed E-state index contributed by atoms with van der Waals surface area (Å²) in [6.45, 7) is 4.36. The van der Waals surface area contributed by atoms with Crippen LogP contribution in [0.3, 0.4) is 0 Å². The second-order valence-electron chi connectivity index (χ2n) is 6.82. The lowest BCUT2D eigenvalue weighted by atomic mass is 10.0. The molecule has 2 atom stereocenters. The van der Waals surface area contributed by atoms with Crippen molar-refractivity contribution >= 4 is 28.9 Å². The van der Waals surface area contributed by atoms with E-state index in [1.165, 1.54) is 23.2 Å². The average Bonchev–Trinajstić information content (AvgIpc) is 3.22. The van der Waals surface area contributed by atoms with Crippen molar-refractivity contribution in [1.29, 1.82) is 0 Å². The highest BCUT2D eigenvalue weighted by Crippen LogP contribution is 2.33. The van der Waals surface area contributed by atoms with Crippen molar-refractivity contribution in [3.63, 3.8) is 0 Å². The smallest absolute Gasteiger partial charge is 0.338 e. The number of likely N-dealkylation sites (tertiary alicyclic amines) is 1. The van der Waals surface area contributed by atoms with E-state index in [0.717, 1.165) is 0 Å². The predicted molar refractivity (Wildman–Crippen MR) is 101 cm³/mol. The molecule has 1 N–H and O–H groups in total. The Labute approximate surface area is 165 Å². The molecule has 1 fully saturated rings. The van der Waals surface area contributed by atoms with Gasteiger partial charge in [0.2, 0.25) is 0 Å². The quantitative estimate of drug-likeness (QED) is 0.720. The monoisotopic (exact) mass is 412 g/mol. The molecule has 0 bridgehead atoms. The van der Waals surface area contributed by atoms with E-state index in [1.807, 2.05) is 0 Å². The number of aromatic nitrogens is 1. The minimum Gasteiger partial charge on any atom is -0.463 e. The maximum Gasteiger partial charge on any atom is 0.338 e. The Kier molecular flexibility index (Phi) is 5.90. The number of nitrogens with zero attached hydrogens (tertiary/aromatic N) is 3. The number of halogens is 2. The minimum atomic E-state index is -2.95. The van der Waals surface area contributed by atoms with Crippen LogP contribution in [0.4, 0.5) is 8.78 Å². The maximum absolute atomic E-state index is 14.0. The number of esters is 1. The number of amidine groups is 1. The summed E-state index contributed by atoms with van der Waals surface area (Å²) >= 11 is 1.37. The molecule has 28 heavy (non-hydrogen) atoms. The van der Waals surface area contributed by atoms with Gasteiger partial charge in [-0.1, -0.05) is 0 Å². The number of carbonyl (C=O) groups excluding carboxylic acids is 2. The second-order valence-corrected chi connectivity index (χ2v) is 7.71. The fourth-order valence-electron chi connectivity index (χ4n) is 3.48. The molecule has 0 radical (unpaired) electrons. The van der Waals surface area contributed by atoms with Crippen LogP contribution < -0.4 is 5.32 Å². The molecule has 0 saturated carbocycles. The van der Waals surface area contributed by atoms with E-state index in [1.54, 1.807) is 25.4 Å². The second kappa shape index (κ2) is 8.04. The van der Waals surface area contributed by atoms with Gasteiger partial charge in [-0.05, 0) is 20.8 Å². The number of hydrogen-bond acceptors (Lipinski definition) is 8. The number of Topliss-reactive ketones (excluding diaryl/α,β-unsaturated/α-hetero) is 1. The minimum absolute atomic E-state index is 0.0112. The summed E-state index contributed by atoms with van der Waals surface area (Å²) < 4.78 is 33.1. The topological polar surface area (TPSA) is 83.9 Å². The molecule has 152 valence electrons. The van der Waals surface area contributed by atoms with Crippen LogP contribution in [0.5, 0.6) is 0 Å². The van der Waals surface area contributed by atoms with Crippen molar-refractivity contribution < 1.29 is 23.1 Å². The van der Waals surface area contributed by atoms with Crippen LogP contribution in [0.15, 0.2) is 27.8 Å². The summed E-state index contributed by atoms with van der Waals surface area (Å²) in [7, 11) is 0. The largest absolute Gasteiger partial charge is 0.463 e. The fourth-order valence-corrected chi connectivity index (χ4v) is 4.07. The molecule has 3 rings (SSSR count). The molecule has 0 aliphatic carbocycles. The third-order valence-electron chi connectivity index (χ3n) is 4.66. The molecule has 1 saturated heterocycles. The van der Waals surface area contributed by atoms with Crippen LogP contribution in [0, 0.1) is 0 Å². The Morgan fingerprint density at radius 1 is 1.46 bits per heavy atom. The van der Waals surface area contributed by atoms with Gasteiger partial charge in [-0.25, -0.2) is 18.6 Å². The van der Waals surface area contributed by atoms with Gasteiger partial charge < -0.3 is 10.1 Å². The van der Waals surface area contributed by atoms with Crippen LogP contribution in [0.2, 0.25) is 0 Å². The summed E-state index contributed by atoms with van der Waals surface area (Å²) in [5.41, 5.74) is 0.690. The van der Waals surface area contributed by atoms with Gasteiger partial charge in [0.1, 0.15) is 5.78 Å². The number of nitrogens with one attached hydrogen (secondary N) is 1. The summed E-state index contributed by atoms with van der Waals surface area (Å²) in [5, 5.41) is 5.49. The lowest BCUT2D eigenvalue weighted by Crippen LogP contribution is -2.43. The van der Waals surface area contributed by atoms with Gasteiger partial charge >= 0.3 is 5.97 Å². The summed E-state index contributed by atoms with van der Waals surface area (Å²) in [6.07, 6.45) is 1.11. The highest BCUT2D eigenvalue weighted by molar-refractivity contribution is 7.11. The van der Waals surface area contributed by atoms with Crippen molar-refractivity contribution in [2.75, 3.05) is 19.7 Å². The Morgan fingerprint density at radius 2 is 2.21 bits per heavy atom. The van der Waals surface area contributed by atoms with Crippen LogP contribution in [-0.4, -0.2) is 65.2 Å². The molecule has 2 aliphatic heterocycles. The van der Waals surface area contributed by atoms with Gasteiger partial charge in [0.05, 0.1) is 30.8 Å². The maximum atomic E-state index is 14.0. The number of alkyl halides is 2. The number of aliphatic imine (C=N–C) groups is 1. The third-order valence-corrected chi connectivity index (χ3v) is 5.44. The molecule has 2 aliphatic rings. The van der Waals surface area contributed by atoms with E-state index >= 15 is 0 Å². The number of ketones is 1. The number of hydrogen-bond donors (Lipinski definition) is 1. The van der Waals surface area contributed by atoms with Gasteiger partial charge in [-0.15, -0.1) is 11.3 Å². The Balaban J connectivity index is 1.93. The molecule has 0 unspecified atom stereocenters. The lowest BCUT2D eigenvalue weighted by Gasteiger charge is -2.29. The zero-order chi connectivity index (χ0) is 20.5. The van der Waals surface area contributed by atoms with E-state index in [0.29, 0.717) is 16.5 Å². The molecule has 1 aromatic rings. The molecule has 0 spiro atoms. The molecular formula is C18H22F2N4O3S. The van der Waals surface area contributed by atoms with Crippen molar-refractivity contribution in [2.45, 2.75) is 45.2 Å². The van der Waals surface area contributed by atoms with Gasteiger partial charge in [0, 0.05) is 30.2 Å². The highest BCUT2D eigenvalue weighted by atomic mass is 32.1. The number of carbonyl (C=O) groups is 2. The van der Waals surface area contributed by atoms with Gasteiger partial charge in [-0.2, -0.15) is 0 Å². The normalized spacial score (nSPS) is 24.7. The van der Waals surface area contributed by atoms with Crippen molar-refractivity contribution in [3.8, 4) is 0 Å². The third kappa shape index (κ3) is 4.27. The Morgan fingerprint density at radius 3 is 2.82 bits per heavy atom. The van der Waals surface area contributed by atoms with Crippen LogP contribution in [-0.2, 0) is 14.3 Å². The molecule has 0 aromatic carbocycles. The first-order valence-electron chi connectivity index (χ1n) is 8.99. The molecule has 3 heterocycles. The van der Waals surface area contributed by atoms with Crippen LogP contribution in [0.1, 0.15) is 32.2 Å². The van der Waals surface area contributed by atoms with Gasteiger partial charge in [0.15, 0.2) is 10.8 Å². The van der Waals surface area contributed by atoms with Crippen molar-refractivity contribution in [2.24, 2.45) is 4.99 Å². The van der Waals surface area contributed by atoms with Gasteiger partial charge in [-0.3, -0.25) is 14.7 Å². The van der Waals surface area contributed by atoms with E-state index in [4.69, 9.17) is 4.74 Å². The first-order chi connectivity index (χ1) is 13.2. The molecule has 7 nitrogen and oxygen atoms in total. The van der Waals surface area contributed by atoms with Gasteiger partial charge in [0.25, 0.3) is 5.92 Å². The Hall–Kier alpha value is -2.20. The fraction of sp³-hybridized carbons (Fsp3) is 0.556. The molecular weight excluding hydrogens is 390 g/mol. The first kappa shape index (κ1) is 20.5. The Bertz CT molecular complexity index is 823. The predicted octanol–water partition coefficient (Wildman–Crippen LogP) is 2.00. The average molecular weight is 412 g/mol. The SMILES string of the molecule is CCOC(=O)C1=C(CN2CC(F)(F)C[C@H]2C(C)=O)NC(c2nccs2)=N[C@@H]1C. The summed E-state index contributed by atoms with van der Waals surface area (Å²) in [5.74, 6) is -3.36. The molecule has 1 aromatic heterocycles. The van der Waals surface area contributed by atoms with E-state index < -0.39 is 36.9 Å². The number of thiazole rings is 1. The number of ether oxygens (including phenoxy) is 1. The zero-order valence-corrected chi connectivity index (χ0v) is 16.7. The van der Waals surface area contributed by atoms with Crippen LogP contribution >= 0.6 is 11.3 Å². The van der Waals surface area contributed by atoms with E-state index in [2.05, 4.69) is 15.3 Å². The summed E-state index contributed by atoms with van der Waals surface area (Å²) in [4.78, 5) is 34.5. The van der Waals surface area contributed by atoms with E-state index in [-0.39, 0.29) is 24.5 Å². The van der Waals surface area contributed by atoms with Crippen molar-refractivity contribution in [1.82, 2.24) is 15.2 Å². The zero-order valence-electron chi connectivity index (χ0n) is 15.9. The first-order valence-corrected chi connectivity index (χ1v) is 9.87. The number of rotatable bonds is 6. The van der Waals surface area contributed by atoms with Crippen LogP contribution in [0.25, 0.3) is 0 Å². The highest BCUT2D eigenvalue weighted by Gasteiger charge is 2.47.